The largest absolute Gasteiger partial charge is 0.516 e. The van der Waals surface area contributed by atoms with Gasteiger partial charge >= 0.3 is 0 Å². The molecule has 0 spiro atoms. The molecule has 0 aliphatic carbocycles. The fraction of sp³-hybridized carbons (Fsp3) is 0. The third kappa shape index (κ3) is 2.83. The van der Waals surface area contributed by atoms with Crippen LogP contribution in [-0.4, -0.2) is 22.8 Å². The van der Waals surface area contributed by atoms with Crippen LogP contribution in [0.4, 0.5) is 0 Å². The van der Waals surface area contributed by atoms with Gasteiger partial charge in [-0.1, -0.05) is 0 Å². The van der Waals surface area contributed by atoms with Gasteiger partial charge in [0.2, 0.25) is 0 Å². The van der Waals surface area contributed by atoms with Crippen molar-refractivity contribution in [3.05, 3.63) is 35.8 Å². The Balaban J connectivity index is 4.81. The summed E-state index contributed by atoms with van der Waals surface area (Å²) in [7, 11) is 0. The number of aldehydes is 2. The molecule has 0 atom stereocenters. The molecule has 0 aliphatic heterocycles. The molecule has 4 heteroatoms. The van der Waals surface area contributed by atoms with Gasteiger partial charge in [-0.15, -0.1) is 0 Å². The number of rotatable bonds is 4. The van der Waals surface area contributed by atoms with E-state index in [1.165, 1.54) is 0 Å². The van der Waals surface area contributed by atoms with Gasteiger partial charge in [0.25, 0.3) is 0 Å². The molecular formula is C8H8O4. The zero-order valence-corrected chi connectivity index (χ0v) is 6.18. The Morgan fingerprint density at radius 1 is 1.08 bits per heavy atom. The zero-order chi connectivity index (χ0) is 9.40. The predicted molar refractivity (Wildman–Crippen MR) is 42.7 cm³/mol. The van der Waals surface area contributed by atoms with Crippen LogP contribution in [0.1, 0.15) is 0 Å². The molecule has 0 aromatic heterocycles. The Hall–Kier alpha value is -1.84. The quantitative estimate of drug-likeness (QED) is 0.282. The Morgan fingerprint density at radius 3 is 2.08 bits per heavy atom. The van der Waals surface area contributed by atoms with Crippen molar-refractivity contribution in [1.82, 2.24) is 0 Å². The van der Waals surface area contributed by atoms with Crippen LogP contribution in [0, 0.1) is 0 Å². The first kappa shape index (κ1) is 10.2. The molecule has 0 unspecified atom stereocenters. The molecule has 12 heavy (non-hydrogen) atoms. The van der Waals surface area contributed by atoms with Crippen LogP contribution in [0.15, 0.2) is 35.8 Å². The van der Waals surface area contributed by atoms with Crippen LogP contribution >= 0.6 is 0 Å². The van der Waals surface area contributed by atoms with Crippen LogP contribution in [0.2, 0.25) is 0 Å². The van der Waals surface area contributed by atoms with Crippen LogP contribution in [0.5, 0.6) is 0 Å². The maximum atomic E-state index is 10.3. The van der Waals surface area contributed by atoms with Crippen molar-refractivity contribution in [2.45, 2.75) is 0 Å². The monoisotopic (exact) mass is 168 g/mol. The molecule has 0 aromatic rings. The molecule has 64 valence electrons. The van der Waals surface area contributed by atoms with Gasteiger partial charge in [0.05, 0.1) is 12.5 Å². The summed E-state index contributed by atoms with van der Waals surface area (Å²) < 4.78 is 0. The summed E-state index contributed by atoms with van der Waals surface area (Å²) >= 11 is 0. The highest BCUT2D eigenvalue weighted by Crippen LogP contribution is 2.06. The smallest absolute Gasteiger partial charge is 0.150 e. The van der Waals surface area contributed by atoms with Crippen LogP contribution in [0.3, 0.4) is 0 Å². The summed E-state index contributed by atoms with van der Waals surface area (Å²) in [5.41, 5.74) is 0.0670. The highest BCUT2D eigenvalue weighted by atomic mass is 16.2. The lowest BCUT2D eigenvalue weighted by atomic mass is 10.1. The van der Waals surface area contributed by atoms with Crippen molar-refractivity contribution in [2.24, 2.45) is 0 Å². The van der Waals surface area contributed by atoms with Gasteiger partial charge in [0.1, 0.15) is 6.29 Å². The minimum Gasteiger partial charge on any atom is -0.516 e. The second-order valence-electron chi connectivity index (χ2n) is 1.78. The number of carbonyl (C=O) groups excluding carboxylic acids is 2. The van der Waals surface area contributed by atoms with E-state index in [4.69, 9.17) is 10.2 Å². The average Bonchev–Trinajstić information content (AvgIpc) is 2.11. The molecule has 4 nitrogen and oxygen atoms in total. The molecule has 0 aliphatic rings. The highest BCUT2D eigenvalue weighted by molar-refractivity contribution is 5.87. The summed E-state index contributed by atoms with van der Waals surface area (Å²) in [6, 6.07) is 0. The van der Waals surface area contributed by atoms with E-state index in [9.17, 15) is 9.59 Å². The van der Waals surface area contributed by atoms with Crippen LogP contribution in [-0.2, 0) is 9.59 Å². The summed E-state index contributed by atoms with van der Waals surface area (Å²) in [6.07, 6.45) is 4.16. The standard InChI is InChI=1S/C8H8O4/c9-3-1-7(5-11)8(6-12)2-4-10/h1-6,9,11H/b3-1-,7-5+,8-2+. The van der Waals surface area contributed by atoms with E-state index < -0.39 is 0 Å². The molecule has 0 bridgehead atoms. The number of aliphatic hydroxyl groups excluding tert-OH is 2. The molecule has 0 amide bonds. The van der Waals surface area contributed by atoms with Gasteiger partial charge < -0.3 is 10.2 Å². The second kappa shape index (κ2) is 5.91. The van der Waals surface area contributed by atoms with Gasteiger partial charge in [0.15, 0.2) is 6.29 Å². The van der Waals surface area contributed by atoms with E-state index in [0.717, 1.165) is 12.2 Å². The van der Waals surface area contributed by atoms with E-state index in [1.807, 2.05) is 0 Å². The second-order valence-corrected chi connectivity index (χ2v) is 1.78. The maximum Gasteiger partial charge on any atom is 0.150 e. The Kier molecular flexibility index (Phi) is 5.00. The lowest BCUT2D eigenvalue weighted by molar-refractivity contribution is -0.106. The maximum absolute atomic E-state index is 10.3. The summed E-state index contributed by atoms with van der Waals surface area (Å²) in [5.74, 6) is 0. The van der Waals surface area contributed by atoms with Gasteiger partial charge in [-0.3, -0.25) is 9.59 Å². The van der Waals surface area contributed by atoms with Crippen molar-refractivity contribution in [3.8, 4) is 0 Å². The fourth-order valence-corrected chi connectivity index (χ4v) is 0.571. The number of hydrogen-bond donors (Lipinski definition) is 2. The minimum absolute atomic E-state index is 0.00204. The van der Waals surface area contributed by atoms with Gasteiger partial charge in [-0.2, -0.15) is 0 Å². The summed E-state index contributed by atoms with van der Waals surface area (Å²) in [6.45, 7) is 0. The molecular weight excluding hydrogens is 160 g/mol. The first-order valence-corrected chi connectivity index (χ1v) is 3.06. The molecule has 0 saturated carbocycles. The predicted octanol–water partition coefficient (Wildman–Crippen LogP) is 0.824. The van der Waals surface area contributed by atoms with Gasteiger partial charge in [-0.05, 0) is 12.2 Å². The fourth-order valence-electron chi connectivity index (χ4n) is 0.571. The molecule has 0 saturated heterocycles. The Bertz CT molecular complexity index is 248. The molecule has 0 heterocycles. The molecule has 2 N–H and O–H groups in total. The third-order valence-electron chi connectivity index (χ3n) is 1.10. The SMILES string of the molecule is O=C/C=C(C=O)/C(/C=C\O)=C/O. The summed E-state index contributed by atoms with van der Waals surface area (Å²) in [4.78, 5) is 20.2. The molecule has 0 fully saturated rings. The molecule has 0 rings (SSSR count). The number of hydrogen-bond acceptors (Lipinski definition) is 4. The molecule has 0 aromatic carbocycles. The Labute approximate surface area is 69.1 Å². The van der Waals surface area contributed by atoms with Crippen molar-refractivity contribution >= 4 is 12.6 Å². The first-order valence-electron chi connectivity index (χ1n) is 3.06. The average molecular weight is 168 g/mol. The lowest BCUT2D eigenvalue weighted by Crippen LogP contribution is -1.89. The Morgan fingerprint density at radius 2 is 1.75 bits per heavy atom. The highest BCUT2D eigenvalue weighted by Gasteiger charge is 1.99. The topological polar surface area (TPSA) is 74.6 Å². The number of carbonyl (C=O) groups is 2. The third-order valence-corrected chi connectivity index (χ3v) is 1.10. The first-order chi connectivity index (χ1) is 5.79. The van der Waals surface area contributed by atoms with Gasteiger partial charge in [-0.25, -0.2) is 0 Å². The van der Waals surface area contributed by atoms with Crippen LogP contribution < -0.4 is 0 Å². The van der Waals surface area contributed by atoms with E-state index in [2.05, 4.69) is 0 Å². The van der Waals surface area contributed by atoms with Crippen molar-refractivity contribution in [2.75, 3.05) is 0 Å². The minimum atomic E-state index is -0.00204. The van der Waals surface area contributed by atoms with E-state index in [-0.39, 0.29) is 11.1 Å². The number of aliphatic hydroxyl groups is 2. The number of allylic oxidation sites excluding steroid dienone is 4. The van der Waals surface area contributed by atoms with E-state index >= 15 is 0 Å². The van der Waals surface area contributed by atoms with Gasteiger partial charge in [0, 0.05) is 11.1 Å². The normalized spacial score (nSPS) is 13.3. The zero-order valence-electron chi connectivity index (χ0n) is 6.18. The summed E-state index contributed by atoms with van der Waals surface area (Å²) in [5, 5.41) is 16.9. The van der Waals surface area contributed by atoms with E-state index in [1.54, 1.807) is 0 Å². The van der Waals surface area contributed by atoms with E-state index in [0.29, 0.717) is 25.1 Å². The van der Waals surface area contributed by atoms with Crippen LogP contribution in [0.25, 0.3) is 0 Å². The lowest BCUT2D eigenvalue weighted by Gasteiger charge is -1.94. The van der Waals surface area contributed by atoms with Crippen molar-refractivity contribution in [3.63, 3.8) is 0 Å². The molecule has 0 radical (unpaired) electrons. The van der Waals surface area contributed by atoms with Crippen molar-refractivity contribution < 1.29 is 19.8 Å². The van der Waals surface area contributed by atoms with Crippen molar-refractivity contribution in [1.29, 1.82) is 0 Å².